The van der Waals surface area contributed by atoms with Crippen molar-refractivity contribution in [3.8, 4) is 0 Å². The van der Waals surface area contributed by atoms with E-state index in [0.29, 0.717) is 29.9 Å². The zero-order chi connectivity index (χ0) is 18.5. The number of carbonyl (C=O) groups excluding carboxylic acids is 3. The lowest BCUT2D eigenvalue weighted by Gasteiger charge is -2.20. The second-order valence-corrected chi connectivity index (χ2v) is 6.82. The summed E-state index contributed by atoms with van der Waals surface area (Å²) in [5.74, 6) is -0.625. The van der Waals surface area contributed by atoms with Crippen molar-refractivity contribution in [2.24, 2.45) is 0 Å². The Balaban J connectivity index is 1.61. The van der Waals surface area contributed by atoms with Gasteiger partial charge >= 0.3 is 0 Å². The molecule has 3 amide bonds. The van der Waals surface area contributed by atoms with Gasteiger partial charge in [-0.05, 0) is 42.8 Å². The molecule has 0 aliphatic carbocycles. The van der Waals surface area contributed by atoms with Gasteiger partial charge in [-0.2, -0.15) is 0 Å². The molecule has 2 aromatic rings. The minimum absolute atomic E-state index is 0.0511. The second-order valence-electron chi connectivity index (χ2n) is 5.90. The molecule has 1 heterocycles. The normalized spacial score (nSPS) is 13.6. The summed E-state index contributed by atoms with van der Waals surface area (Å²) < 4.78 is 0.875. The number of benzene rings is 2. The van der Waals surface area contributed by atoms with Gasteiger partial charge in [-0.1, -0.05) is 28.1 Å². The molecule has 2 N–H and O–H groups in total. The van der Waals surface area contributed by atoms with E-state index < -0.39 is 0 Å². The molecule has 0 unspecified atom stereocenters. The second kappa shape index (κ2) is 8.14. The first-order valence-electron chi connectivity index (χ1n) is 8.27. The van der Waals surface area contributed by atoms with Crippen LogP contribution < -0.4 is 15.5 Å². The van der Waals surface area contributed by atoms with Gasteiger partial charge in [0.05, 0.1) is 17.9 Å². The van der Waals surface area contributed by atoms with Gasteiger partial charge in [0.2, 0.25) is 11.8 Å². The monoisotopic (exact) mass is 415 g/mol. The van der Waals surface area contributed by atoms with Crippen molar-refractivity contribution in [1.82, 2.24) is 5.32 Å². The van der Waals surface area contributed by atoms with Crippen LogP contribution in [0.4, 0.5) is 11.4 Å². The van der Waals surface area contributed by atoms with Gasteiger partial charge < -0.3 is 15.5 Å². The number of hydrogen-bond acceptors (Lipinski definition) is 3. The first kappa shape index (κ1) is 18.1. The Kier molecular flexibility index (Phi) is 5.68. The fourth-order valence-electron chi connectivity index (χ4n) is 2.78. The average molecular weight is 416 g/mol. The molecule has 0 atom stereocenters. The van der Waals surface area contributed by atoms with Gasteiger partial charge in [-0.25, -0.2) is 0 Å². The molecule has 0 bridgehead atoms. The Morgan fingerprint density at radius 2 is 1.81 bits per heavy atom. The maximum atomic E-state index is 12.2. The van der Waals surface area contributed by atoms with Crippen molar-refractivity contribution in [3.05, 3.63) is 58.6 Å². The van der Waals surface area contributed by atoms with Crippen LogP contribution in [0.1, 0.15) is 23.2 Å². The number of anilines is 2. The lowest BCUT2D eigenvalue weighted by atomic mass is 10.2. The lowest BCUT2D eigenvalue weighted by molar-refractivity contribution is -0.117. The zero-order valence-electron chi connectivity index (χ0n) is 14.0. The first-order chi connectivity index (χ1) is 12.5. The Labute approximate surface area is 159 Å². The number of nitrogens with one attached hydrogen (secondary N) is 2. The van der Waals surface area contributed by atoms with Gasteiger partial charge in [-0.15, -0.1) is 0 Å². The van der Waals surface area contributed by atoms with Crippen molar-refractivity contribution in [1.29, 1.82) is 0 Å². The van der Waals surface area contributed by atoms with Crippen LogP contribution in [-0.2, 0) is 9.59 Å². The van der Waals surface area contributed by atoms with Crippen molar-refractivity contribution < 1.29 is 14.4 Å². The molecule has 0 radical (unpaired) electrons. The van der Waals surface area contributed by atoms with Crippen LogP contribution in [0.3, 0.4) is 0 Å². The summed E-state index contributed by atoms with van der Waals surface area (Å²) in [6.45, 7) is 0.489. The standard InChI is InChI=1S/C19H18BrN3O3/c20-14-9-7-13(8-10-14)19(26)21-12-17(24)22-15-4-1-2-5-16(15)23-11-3-6-18(23)25/h1-2,4-5,7-10H,3,6,11-12H2,(H,21,26)(H,22,24). The van der Waals surface area contributed by atoms with E-state index in [-0.39, 0.29) is 24.3 Å². The van der Waals surface area contributed by atoms with Crippen LogP contribution >= 0.6 is 15.9 Å². The van der Waals surface area contributed by atoms with Crippen molar-refractivity contribution >= 4 is 45.0 Å². The number of para-hydroxylation sites is 2. The Morgan fingerprint density at radius 3 is 2.50 bits per heavy atom. The predicted molar refractivity (Wildman–Crippen MR) is 103 cm³/mol. The van der Waals surface area contributed by atoms with Gasteiger partial charge in [0.15, 0.2) is 0 Å². The molecule has 0 saturated carbocycles. The Morgan fingerprint density at radius 1 is 1.08 bits per heavy atom. The van der Waals surface area contributed by atoms with E-state index in [1.165, 1.54) is 0 Å². The van der Waals surface area contributed by atoms with Gasteiger partial charge in [0, 0.05) is 23.0 Å². The Bertz CT molecular complexity index is 836. The molecule has 0 spiro atoms. The summed E-state index contributed by atoms with van der Waals surface area (Å²) in [5, 5.41) is 5.36. The molecule has 1 saturated heterocycles. The van der Waals surface area contributed by atoms with E-state index >= 15 is 0 Å². The highest BCUT2D eigenvalue weighted by molar-refractivity contribution is 9.10. The molecule has 3 rings (SSSR count). The number of nitrogens with zero attached hydrogens (tertiary/aromatic N) is 1. The third-order valence-electron chi connectivity index (χ3n) is 4.06. The number of halogens is 1. The largest absolute Gasteiger partial charge is 0.343 e. The topological polar surface area (TPSA) is 78.5 Å². The molecule has 6 nitrogen and oxygen atoms in total. The summed E-state index contributed by atoms with van der Waals surface area (Å²) in [5.41, 5.74) is 1.72. The maximum absolute atomic E-state index is 12.2. The molecule has 26 heavy (non-hydrogen) atoms. The predicted octanol–water partition coefficient (Wildman–Crippen LogP) is 2.94. The molecule has 0 aromatic heterocycles. The molecular weight excluding hydrogens is 398 g/mol. The van der Waals surface area contributed by atoms with Crippen LogP contribution in [0.15, 0.2) is 53.0 Å². The lowest BCUT2D eigenvalue weighted by Crippen LogP contribution is -2.33. The zero-order valence-corrected chi connectivity index (χ0v) is 15.6. The van der Waals surface area contributed by atoms with Crippen molar-refractivity contribution in [2.75, 3.05) is 23.3 Å². The number of carbonyl (C=O) groups is 3. The summed E-state index contributed by atoms with van der Waals surface area (Å²) >= 11 is 3.31. The number of amides is 3. The molecule has 7 heteroatoms. The highest BCUT2D eigenvalue weighted by Gasteiger charge is 2.24. The number of hydrogen-bond donors (Lipinski definition) is 2. The quantitative estimate of drug-likeness (QED) is 0.787. The van der Waals surface area contributed by atoms with E-state index in [1.807, 2.05) is 6.07 Å². The van der Waals surface area contributed by atoms with Crippen molar-refractivity contribution in [2.45, 2.75) is 12.8 Å². The highest BCUT2D eigenvalue weighted by atomic mass is 79.9. The highest BCUT2D eigenvalue weighted by Crippen LogP contribution is 2.29. The smallest absolute Gasteiger partial charge is 0.251 e. The third kappa shape index (κ3) is 4.29. The SMILES string of the molecule is O=C(CNC(=O)c1ccc(Br)cc1)Nc1ccccc1N1CCCC1=O. The molecule has 1 fully saturated rings. The molecule has 1 aliphatic heterocycles. The van der Waals surface area contributed by atoms with Crippen LogP contribution in [0, 0.1) is 0 Å². The van der Waals surface area contributed by atoms with Gasteiger partial charge in [-0.3, -0.25) is 14.4 Å². The number of rotatable bonds is 5. The van der Waals surface area contributed by atoms with Crippen LogP contribution in [0.25, 0.3) is 0 Å². The fraction of sp³-hybridized carbons (Fsp3) is 0.211. The van der Waals surface area contributed by atoms with Crippen LogP contribution in [0.2, 0.25) is 0 Å². The molecular formula is C19H18BrN3O3. The van der Waals surface area contributed by atoms with Crippen LogP contribution in [-0.4, -0.2) is 30.8 Å². The van der Waals surface area contributed by atoms with E-state index in [1.54, 1.807) is 47.4 Å². The summed E-state index contributed by atoms with van der Waals surface area (Å²) in [7, 11) is 0. The van der Waals surface area contributed by atoms with E-state index in [2.05, 4.69) is 26.6 Å². The van der Waals surface area contributed by atoms with Crippen LogP contribution in [0.5, 0.6) is 0 Å². The average Bonchev–Trinajstić information content (AvgIpc) is 3.06. The third-order valence-corrected chi connectivity index (χ3v) is 4.59. The fourth-order valence-corrected chi connectivity index (χ4v) is 3.04. The Hall–Kier alpha value is -2.67. The first-order valence-corrected chi connectivity index (χ1v) is 9.07. The summed E-state index contributed by atoms with van der Waals surface area (Å²) in [6, 6.07) is 14.0. The minimum Gasteiger partial charge on any atom is -0.343 e. The summed E-state index contributed by atoms with van der Waals surface area (Å²) in [6.07, 6.45) is 1.33. The van der Waals surface area contributed by atoms with Gasteiger partial charge in [0.1, 0.15) is 0 Å². The van der Waals surface area contributed by atoms with E-state index in [4.69, 9.17) is 0 Å². The molecule has 1 aliphatic rings. The summed E-state index contributed by atoms with van der Waals surface area (Å²) in [4.78, 5) is 37.9. The van der Waals surface area contributed by atoms with Crippen molar-refractivity contribution in [3.63, 3.8) is 0 Å². The molecule has 2 aromatic carbocycles. The van der Waals surface area contributed by atoms with Gasteiger partial charge in [0.25, 0.3) is 5.91 Å². The minimum atomic E-state index is -0.352. The van der Waals surface area contributed by atoms with E-state index in [0.717, 1.165) is 10.9 Å². The maximum Gasteiger partial charge on any atom is 0.251 e. The molecule has 134 valence electrons. The van der Waals surface area contributed by atoms with E-state index in [9.17, 15) is 14.4 Å².